The molecule has 4 heteroatoms. The zero-order valence-electron chi connectivity index (χ0n) is 11.1. The Bertz CT molecular complexity index is 384. The van der Waals surface area contributed by atoms with Crippen molar-refractivity contribution in [1.82, 2.24) is 5.32 Å². The van der Waals surface area contributed by atoms with Gasteiger partial charge in [0.05, 0.1) is 0 Å². The highest BCUT2D eigenvalue weighted by molar-refractivity contribution is 7.98. The van der Waals surface area contributed by atoms with Gasteiger partial charge in [0.1, 0.15) is 13.2 Å². The Morgan fingerprint density at radius 2 is 2.17 bits per heavy atom. The fourth-order valence-corrected chi connectivity index (χ4v) is 2.81. The smallest absolute Gasteiger partial charge is 0.165 e. The monoisotopic (exact) mass is 267 g/mol. The van der Waals surface area contributed by atoms with E-state index in [2.05, 4.69) is 24.6 Å². The van der Waals surface area contributed by atoms with E-state index in [0.29, 0.717) is 19.3 Å². The fraction of sp³-hybridized carbons (Fsp3) is 0.571. The van der Waals surface area contributed by atoms with Gasteiger partial charge in [0.15, 0.2) is 11.5 Å². The van der Waals surface area contributed by atoms with E-state index in [1.165, 1.54) is 5.56 Å². The predicted molar refractivity (Wildman–Crippen MR) is 76.7 cm³/mol. The number of benzene rings is 1. The summed E-state index contributed by atoms with van der Waals surface area (Å²) < 4.78 is 11.3. The van der Waals surface area contributed by atoms with Gasteiger partial charge in [-0.3, -0.25) is 0 Å². The number of fused-ring (bicyclic) bond motifs is 1. The van der Waals surface area contributed by atoms with Gasteiger partial charge in [0, 0.05) is 23.9 Å². The van der Waals surface area contributed by atoms with Crippen LogP contribution >= 0.6 is 11.8 Å². The van der Waals surface area contributed by atoms with Crippen LogP contribution < -0.4 is 14.8 Å². The number of rotatable bonds is 6. The van der Waals surface area contributed by atoms with Gasteiger partial charge >= 0.3 is 0 Å². The molecule has 1 aliphatic heterocycles. The van der Waals surface area contributed by atoms with Crippen molar-refractivity contribution in [1.29, 1.82) is 0 Å². The Hall–Kier alpha value is -0.870. The quantitative estimate of drug-likeness (QED) is 0.858. The van der Waals surface area contributed by atoms with E-state index in [0.717, 1.165) is 30.2 Å². The maximum absolute atomic E-state index is 5.71. The molecule has 0 aromatic heterocycles. The first-order valence-corrected chi connectivity index (χ1v) is 7.84. The van der Waals surface area contributed by atoms with Crippen LogP contribution in [0.25, 0.3) is 0 Å². The first-order valence-electron chi connectivity index (χ1n) is 6.45. The summed E-state index contributed by atoms with van der Waals surface area (Å²) in [5.74, 6) is 2.93. The Labute approximate surface area is 113 Å². The van der Waals surface area contributed by atoms with Gasteiger partial charge in [-0.2, -0.15) is 11.8 Å². The van der Waals surface area contributed by atoms with Gasteiger partial charge in [-0.1, -0.05) is 19.1 Å². The topological polar surface area (TPSA) is 30.5 Å². The molecule has 1 atom stereocenters. The summed E-state index contributed by atoms with van der Waals surface area (Å²) in [6.07, 6.45) is 3.29. The first kappa shape index (κ1) is 13.6. The molecule has 0 bridgehead atoms. The van der Waals surface area contributed by atoms with Crippen molar-refractivity contribution in [3.63, 3.8) is 0 Å². The molecule has 0 spiro atoms. The summed E-state index contributed by atoms with van der Waals surface area (Å²) in [7, 11) is 0. The molecule has 1 aromatic carbocycles. The maximum Gasteiger partial charge on any atom is 0.165 e. The molecule has 3 nitrogen and oxygen atoms in total. The third kappa shape index (κ3) is 3.33. The van der Waals surface area contributed by atoms with Gasteiger partial charge in [-0.15, -0.1) is 0 Å². The molecule has 0 saturated heterocycles. The predicted octanol–water partition coefficient (Wildman–Crippen LogP) is 2.69. The lowest BCUT2D eigenvalue weighted by Crippen LogP contribution is -2.30. The second kappa shape index (κ2) is 6.90. The van der Waals surface area contributed by atoms with E-state index in [9.17, 15) is 0 Å². The summed E-state index contributed by atoms with van der Waals surface area (Å²) in [5.41, 5.74) is 1.19. The number of hydrogen-bond donors (Lipinski definition) is 1. The minimum Gasteiger partial charge on any atom is -0.486 e. The molecule has 0 amide bonds. The molecular weight excluding hydrogens is 246 g/mol. The van der Waals surface area contributed by atoms with Crippen LogP contribution in [0.3, 0.4) is 0 Å². The van der Waals surface area contributed by atoms with Crippen LogP contribution in [-0.4, -0.2) is 31.3 Å². The zero-order chi connectivity index (χ0) is 12.8. The molecule has 0 saturated carbocycles. The molecule has 1 unspecified atom stereocenters. The van der Waals surface area contributed by atoms with Crippen molar-refractivity contribution in [3.05, 3.63) is 23.8 Å². The Morgan fingerprint density at radius 3 is 2.94 bits per heavy atom. The largest absolute Gasteiger partial charge is 0.486 e. The summed E-state index contributed by atoms with van der Waals surface area (Å²) in [6.45, 7) is 4.35. The first-order chi connectivity index (χ1) is 8.85. The summed E-state index contributed by atoms with van der Waals surface area (Å²) >= 11 is 1.88. The lowest BCUT2D eigenvalue weighted by molar-refractivity contribution is 0.169. The van der Waals surface area contributed by atoms with E-state index >= 15 is 0 Å². The zero-order valence-corrected chi connectivity index (χ0v) is 11.9. The van der Waals surface area contributed by atoms with Gasteiger partial charge in [0.2, 0.25) is 0 Å². The molecule has 0 fully saturated rings. The van der Waals surface area contributed by atoms with Crippen molar-refractivity contribution < 1.29 is 9.47 Å². The average Bonchev–Trinajstić information content (AvgIpc) is 2.43. The van der Waals surface area contributed by atoms with Crippen molar-refractivity contribution in [2.24, 2.45) is 0 Å². The molecule has 0 aliphatic carbocycles. The van der Waals surface area contributed by atoms with E-state index in [-0.39, 0.29) is 0 Å². The van der Waals surface area contributed by atoms with Crippen LogP contribution in [0.4, 0.5) is 0 Å². The van der Waals surface area contributed by atoms with Crippen molar-refractivity contribution in [2.45, 2.75) is 25.9 Å². The summed E-state index contributed by atoms with van der Waals surface area (Å²) in [6, 6.07) is 6.66. The minimum absolute atomic E-state index is 0.556. The Balaban J connectivity index is 2.00. The average molecular weight is 267 g/mol. The van der Waals surface area contributed by atoms with Crippen molar-refractivity contribution >= 4 is 11.8 Å². The number of hydrogen-bond acceptors (Lipinski definition) is 4. The number of para-hydroxylation sites is 1. The van der Waals surface area contributed by atoms with Gasteiger partial charge in [0.25, 0.3) is 0 Å². The Morgan fingerprint density at radius 1 is 1.33 bits per heavy atom. The SMILES string of the molecule is CCC(CSC)NCc1cccc2c1OCCO2. The number of thioether (sulfide) groups is 1. The normalized spacial score (nSPS) is 15.4. The van der Waals surface area contributed by atoms with Gasteiger partial charge in [-0.05, 0) is 18.7 Å². The van der Waals surface area contributed by atoms with Crippen LogP contribution in [0.5, 0.6) is 11.5 Å². The summed E-state index contributed by atoms with van der Waals surface area (Å²) in [4.78, 5) is 0. The lowest BCUT2D eigenvalue weighted by Gasteiger charge is -2.22. The van der Waals surface area contributed by atoms with E-state index < -0.39 is 0 Å². The second-order valence-electron chi connectivity index (χ2n) is 4.38. The van der Waals surface area contributed by atoms with Crippen LogP contribution in [0.2, 0.25) is 0 Å². The molecule has 1 aromatic rings. The van der Waals surface area contributed by atoms with Crippen LogP contribution in [0.15, 0.2) is 18.2 Å². The highest BCUT2D eigenvalue weighted by Gasteiger charge is 2.15. The third-order valence-corrected chi connectivity index (χ3v) is 3.83. The third-order valence-electron chi connectivity index (χ3n) is 3.09. The van der Waals surface area contributed by atoms with Crippen molar-refractivity contribution in [3.8, 4) is 11.5 Å². The molecule has 100 valence electrons. The molecule has 18 heavy (non-hydrogen) atoms. The minimum atomic E-state index is 0.556. The Kier molecular flexibility index (Phi) is 5.20. The van der Waals surface area contributed by atoms with Gasteiger partial charge in [-0.25, -0.2) is 0 Å². The summed E-state index contributed by atoms with van der Waals surface area (Å²) in [5, 5.41) is 3.58. The second-order valence-corrected chi connectivity index (χ2v) is 5.29. The highest BCUT2D eigenvalue weighted by atomic mass is 32.2. The van der Waals surface area contributed by atoms with Crippen LogP contribution in [0.1, 0.15) is 18.9 Å². The van der Waals surface area contributed by atoms with E-state index in [1.54, 1.807) is 0 Å². The van der Waals surface area contributed by atoms with Gasteiger partial charge < -0.3 is 14.8 Å². The number of nitrogens with one attached hydrogen (secondary N) is 1. The molecular formula is C14H21NO2S. The fourth-order valence-electron chi connectivity index (χ4n) is 2.05. The molecule has 2 rings (SSSR count). The molecule has 1 heterocycles. The number of ether oxygens (including phenoxy) is 2. The lowest BCUT2D eigenvalue weighted by atomic mass is 10.1. The van der Waals surface area contributed by atoms with E-state index in [4.69, 9.17) is 9.47 Å². The maximum atomic E-state index is 5.71. The van der Waals surface area contributed by atoms with Crippen LogP contribution in [0, 0.1) is 0 Å². The molecule has 1 N–H and O–H groups in total. The highest BCUT2D eigenvalue weighted by Crippen LogP contribution is 2.33. The molecule has 0 radical (unpaired) electrons. The van der Waals surface area contributed by atoms with Crippen molar-refractivity contribution in [2.75, 3.05) is 25.2 Å². The van der Waals surface area contributed by atoms with E-state index in [1.807, 2.05) is 23.9 Å². The standard InChI is InChI=1S/C14H21NO2S/c1-3-12(10-18-2)15-9-11-5-4-6-13-14(11)17-8-7-16-13/h4-6,12,15H,3,7-10H2,1-2H3. The van der Waals surface area contributed by atoms with Crippen LogP contribution in [-0.2, 0) is 6.54 Å². The molecule has 1 aliphatic rings.